The molecule has 0 radical (unpaired) electrons. The van der Waals surface area contributed by atoms with Gasteiger partial charge in [-0.05, 0) is 213 Å². The second kappa shape index (κ2) is 14.9. The predicted octanol–water partition coefficient (Wildman–Crippen LogP) is 12.8. The van der Waals surface area contributed by atoms with E-state index < -0.39 is 28.9 Å². The van der Waals surface area contributed by atoms with Crippen LogP contribution in [0.4, 0.5) is 0 Å². The summed E-state index contributed by atoms with van der Waals surface area (Å²) in [5, 5.41) is 64.0. The highest BCUT2D eigenvalue weighted by Gasteiger charge is 2.72. The summed E-state index contributed by atoms with van der Waals surface area (Å²) in [7, 11) is 0. The minimum absolute atomic E-state index is 0.00431. The Hall–Kier alpha value is -2.84. The molecule has 372 valence electrons. The number of rotatable bonds is 2. The topological polar surface area (TPSA) is 156 Å². The maximum absolute atomic E-state index is 12.8. The van der Waals surface area contributed by atoms with Gasteiger partial charge in [0.1, 0.15) is 5.41 Å². The zero-order chi connectivity index (χ0) is 49.3. The minimum atomic E-state index is -1.04. The number of hydrogen-bond acceptors (Lipinski definition) is 6. The summed E-state index contributed by atoms with van der Waals surface area (Å²) in [6, 6.07) is 1.81. The number of hydrogen-bond donors (Lipinski definition) is 6. The van der Waals surface area contributed by atoms with Crippen LogP contribution in [0, 0.1) is 84.7 Å². The SMILES string of the molecule is CC1(C)CCC2(C(=O)O)C(O)CC3(C)C(=CCC4C5(C)CCC(O)C(C)(C)C5CCC43C)C2C1.Cc1c(O)c(O)cc2c1CC=C1C2(C)CCC2(C)C3CC(C)(C(=O)O)CCC3(C)CCC12C. The Morgan fingerprint density at radius 2 is 1.28 bits per heavy atom. The minimum Gasteiger partial charge on any atom is -0.504 e. The molecule has 67 heavy (non-hydrogen) atoms. The zero-order valence-electron chi connectivity index (χ0n) is 43.7. The number of aromatic hydroxyl groups is 2. The molecule has 9 aliphatic rings. The largest absolute Gasteiger partial charge is 0.504 e. The second-order valence-electron chi connectivity index (χ2n) is 28.2. The Kier molecular flexibility index (Phi) is 10.9. The molecule has 1 aromatic carbocycles. The number of benzene rings is 1. The Morgan fingerprint density at radius 3 is 1.94 bits per heavy atom. The van der Waals surface area contributed by atoms with Gasteiger partial charge in [0.15, 0.2) is 11.5 Å². The molecule has 10 rings (SSSR count). The Labute approximate surface area is 402 Å². The van der Waals surface area contributed by atoms with Gasteiger partial charge in [0, 0.05) is 5.41 Å². The normalized spacial score (nSPS) is 48.8. The maximum Gasteiger partial charge on any atom is 0.312 e. The number of aliphatic hydroxyl groups excluding tert-OH is 2. The van der Waals surface area contributed by atoms with Crippen molar-refractivity contribution in [2.24, 2.45) is 77.8 Å². The van der Waals surface area contributed by atoms with Crippen LogP contribution in [0.15, 0.2) is 29.4 Å². The van der Waals surface area contributed by atoms with Crippen molar-refractivity contribution in [3.05, 3.63) is 46.1 Å². The Bertz CT molecular complexity index is 2320. The van der Waals surface area contributed by atoms with Crippen LogP contribution >= 0.6 is 0 Å². The number of aliphatic carboxylic acids is 2. The molecular weight excluding hydrogens is 837 g/mol. The molecule has 7 saturated carbocycles. The summed E-state index contributed by atoms with van der Waals surface area (Å²) in [4.78, 5) is 25.1. The Morgan fingerprint density at radius 1 is 0.627 bits per heavy atom. The first-order valence-electron chi connectivity index (χ1n) is 26.6. The van der Waals surface area contributed by atoms with Crippen molar-refractivity contribution >= 4 is 11.9 Å². The number of carboxylic acid groups (broad SMARTS) is 2. The molecule has 7 fully saturated rings. The number of fused-ring (bicyclic) bond motifs is 14. The van der Waals surface area contributed by atoms with Gasteiger partial charge in [-0.15, -0.1) is 0 Å². The predicted molar refractivity (Wildman–Crippen MR) is 264 cm³/mol. The lowest BCUT2D eigenvalue weighted by atomic mass is 9.33. The van der Waals surface area contributed by atoms with E-state index >= 15 is 0 Å². The fourth-order valence-electron chi connectivity index (χ4n) is 19.6. The molecule has 0 bridgehead atoms. The molecule has 0 aromatic heterocycles. The van der Waals surface area contributed by atoms with Crippen LogP contribution in [0.3, 0.4) is 0 Å². The third kappa shape index (κ3) is 6.27. The third-order valence-corrected chi connectivity index (χ3v) is 24.6. The first-order valence-corrected chi connectivity index (χ1v) is 26.6. The van der Waals surface area contributed by atoms with Gasteiger partial charge in [0.25, 0.3) is 0 Å². The number of allylic oxidation sites excluding steroid dienone is 4. The number of phenolic OH excluding ortho intramolecular Hbond substituents is 2. The first kappa shape index (κ1) is 49.2. The lowest BCUT2D eigenvalue weighted by Crippen LogP contribution is -2.67. The fourth-order valence-corrected chi connectivity index (χ4v) is 19.6. The van der Waals surface area contributed by atoms with Crippen LogP contribution in [0.1, 0.15) is 203 Å². The molecule has 1 aromatic rings. The van der Waals surface area contributed by atoms with E-state index in [-0.39, 0.29) is 72.3 Å². The molecule has 9 aliphatic carbocycles. The fraction of sp³-hybridized carbons (Fsp3) is 0.797. The lowest BCUT2D eigenvalue weighted by molar-refractivity contribution is -0.218. The molecule has 0 amide bonds. The van der Waals surface area contributed by atoms with E-state index in [2.05, 4.69) is 88.3 Å². The number of phenols is 2. The van der Waals surface area contributed by atoms with E-state index in [0.717, 1.165) is 107 Å². The van der Waals surface area contributed by atoms with Crippen LogP contribution in [0.5, 0.6) is 11.5 Å². The highest BCUT2D eigenvalue weighted by Crippen LogP contribution is 2.77. The molecule has 8 nitrogen and oxygen atoms in total. The van der Waals surface area contributed by atoms with E-state index in [9.17, 15) is 40.2 Å². The molecule has 0 aliphatic heterocycles. The van der Waals surface area contributed by atoms with Gasteiger partial charge in [0.05, 0.1) is 17.6 Å². The van der Waals surface area contributed by atoms with Crippen molar-refractivity contribution < 1.29 is 40.2 Å². The van der Waals surface area contributed by atoms with Crippen LogP contribution in [0.25, 0.3) is 0 Å². The van der Waals surface area contributed by atoms with Crippen LogP contribution in [-0.2, 0) is 21.4 Å². The molecule has 0 spiro atoms. The average molecular weight is 925 g/mol. The third-order valence-electron chi connectivity index (χ3n) is 24.6. The van der Waals surface area contributed by atoms with Crippen LogP contribution < -0.4 is 0 Å². The second-order valence-corrected chi connectivity index (χ2v) is 28.2. The molecular formula is C59H88O8. The van der Waals surface area contributed by atoms with Crippen molar-refractivity contribution in [2.45, 2.75) is 217 Å². The van der Waals surface area contributed by atoms with Crippen LogP contribution in [-0.4, -0.2) is 54.8 Å². The van der Waals surface area contributed by atoms with Crippen molar-refractivity contribution in [1.82, 2.24) is 0 Å². The summed E-state index contributed by atoms with van der Waals surface area (Å²) in [5.74, 6) is -0.193. The van der Waals surface area contributed by atoms with E-state index in [1.807, 2.05) is 19.9 Å². The van der Waals surface area contributed by atoms with E-state index in [4.69, 9.17) is 0 Å². The standard InChI is InChI=1S/C30H48O4.C29H40O4/c1-25(2)14-15-30(24(33)34)19(16-25)18-8-9-21-27(5)12-11-22(31)26(3,4)20(27)10-13-28(21,6)29(18,7)17-23(30)32;1-17-18-7-8-21-27(4,19(18)15-20(30)23(17)31)12-14-29(6)22-16-26(3,24(32)33)10-9-25(22,2)11-13-28(21,29)5/h8,19-23,31-32H,9-17H2,1-7H3,(H,33,34);8,15,22,30-31H,7,9-14,16H2,1-6H3,(H,32,33). The van der Waals surface area contributed by atoms with E-state index in [1.54, 1.807) is 0 Å². The van der Waals surface area contributed by atoms with Crippen molar-refractivity contribution in [3.63, 3.8) is 0 Å². The van der Waals surface area contributed by atoms with Gasteiger partial charge >= 0.3 is 11.9 Å². The summed E-state index contributed by atoms with van der Waals surface area (Å²) in [6.45, 7) is 29.9. The smallest absolute Gasteiger partial charge is 0.312 e. The summed E-state index contributed by atoms with van der Waals surface area (Å²) >= 11 is 0. The number of carboxylic acids is 2. The van der Waals surface area contributed by atoms with Gasteiger partial charge in [-0.25, -0.2) is 0 Å². The first-order chi connectivity index (χ1) is 30.8. The van der Waals surface area contributed by atoms with Gasteiger partial charge in [0.2, 0.25) is 0 Å². The summed E-state index contributed by atoms with van der Waals surface area (Å²) in [6.07, 6.45) is 19.4. The highest BCUT2D eigenvalue weighted by molar-refractivity contribution is 5.78. The lowest BCUT2D eigenvalue weighted by Gasteiger charge is -2.71. The quantitative estimate of drug-likeness (QED) is 0.127. The van der Waals surface area contributed by atoms with Crippen molar-refractivity contribution in [3.8, 4) is 11.5 Å². The van der Waals surface area contributed by atoms with Gasteiger partial charge in [-0.2, -0.15) is 0 Å². The zero-order valence-corrected chi connectivity index (χ0v) is 43.7. The summed E-state index contributed by atoms with van der Waals surface area (Å²) < 4.78 is 0. The number of aliphatic hydroxyl groups is 2. The molecule has 15 unspecified atom stereocenters. The van der Waals surface area contributed by atoms with Gasteiger partial charge in [-0.3, -0.25) is 9.59 Å². The molecule has 8 heteroatoms. The molecule has 15 atom stereocenters. The van der Waals surface area contributed by atoms with Crippen LogP contribution in [0.2, 0.25) is 0 Å². The molecule has 0 heterocycles. The van der Waals surface area contributed by atoms with Gasteiger partial charge in [-0.1, -0.05) is 99.5 Å². The Balaban J connectivity index is 0.000000168. The highest BCUT2D eigenvalue weighted by atomic mass is 16.4. The van der Waals surface area contributed by atoms with Crippen molar-refractivity contribution in [1.29, 1.82) is 0 Å². The molecule has 6 N–H and O–H groups in total. The van der Waals surface area contributed by atoms with E-state index in [0.29, 0.717) is 30.6 Å². The van der Waals surface area contributed by atoms with Crippen molar-refractivity contribution in [2.75, 3.05) is 0 Å². The maximum atomic E-state index is 12.8. The number of carbonyl (C=O) groups is 2. The van der Waals surface area contributed by atoms with Gasteiger partial charge < -0.3 is 30.6 Å². The molecule has 0 saturated heterocycles. The monoisotopic (exact) mass is 925 g/mol. The summed E-state index contributed by atoms with van der Waals surface area (Å²) in [5.41, 5.74) is 4.30. The van der Waals surface area contributed by atoms with E-state index in [1.165, 1.54) is 16.7 Å². The average Bonchev–Trinajstić information content (AvgIpc) is 3.23.